The molecule has 7 nitrogen and oxygen atoms in total. The van der Waals surface area contributed by atoms with Gasteiger partial charge in [0.15, 0.2) is 5.82 Å². The lowest BCUT2D eigenvalue weighted by Gasteiger charge is -2.35. The van der Waals surface area contributed by atoms with Crippen LogP contribution >= 0.6 is 0 Å². The third-order valence-corrected chi connectivity index (χ3v) is 3.59. The molecule has 0 saturated carbocycles. The maximum atomic E-state index is 12.0. The van der Waals surface area contributed by atoms with E-state index in [4.69, 9.17) is 10.5 Å². The van der Waals surface area contributed by atoms with Crippen LogP contribution in [0.15, 0.2) is 0 Å². The number of nitrogens with two attached hydrogens (primary N) is 1. The summed E-state index contributed by atoms with van der Waals surface area (Å²) in [6, 6.07) is 0. The molecule has 2 N–H and O–H groups in total. The van der Waals surface area contributed by atoms with Crippen LogP contribution < -0.4 is 10.6 Å². The molecule has 118 valence electrons. The first-order chi connectivity index (χ1) is 9.69. The molecular formula is C14H25N5O2. The number of aromatic nitrogens is 2. The molecule has 0 atom stereocenters. The van der Waals surface area contributed by atoms with Crippen LogP contribution in [0.4, 0.5) is 16.3 Å². The van der Waals surface area contributed by atoms with Gasteiger partial charge in [0.2, 0.25) is 0 Å². The predicted molar refractivity (Wildman–Crippen MR) is 82.4 cm³/mol. The summed E-state index contributed by atoms with van der Waals surface area (Å²) >= 11 is 0. The number of aryl methyl sites for hydroxylation is 1. The minimum atomic E-state index is -0.462. The highest BCUT2D eigenvalue weighted by molar-refractivity contribution is 5.70. The third-order valence-electron chi connectivity index (χ3n) is 3.59. The average molecular weight is 295 g/mol. The van der Waals surface area contributed by atoms with Crippen molar-refractivity contribution in [2.24, 2.45) is 7.05 Å². The summed E-state index contributed by atoms with van der Waals surface area (Å²) in [5.41, 5.74) is 7.29. The maximum absolute atomic E-state index is 12.0. The Hall–Kier alpha value is -1.92. The molecule has 1 aliphatic heterocycles. The number of piperazine rings is 1. The Morgan fingerprint density at radius 3 is 2.24 bits per heavy atom. The lowest BCUT2D eigenvalue weighted by atomic mass is 10.2. The standard InChI is InChI=1S/C14H25N5O2/c1-10-11(15)12(16-17(10)5)18-6-8-19(9-7-18)13(20)21-14(2,3)4/h6-9,15H2,1-5H3. The number of carbonyl (C=O) groups excluding carboxylic acids is 1. The van der Waals surface area contributed by atoms with E-state index < -0.39 is 5.60 Å². The van der Waals surface area contributed by atoms with Gasteiger partial charge in [-0.05, 0) is 27.7 Å². The number of hydrogen-bond acceptors (Lipinski definition) is 5. The number of rotatable bonds is 1. The number of ether oxygens (including phenoxy) is 1. The summed E-state index contributed by atoms with van der Waals surface area (Å²) in [5.74, 6) is 0.804. The number of hydrogen-bond donors (Lipinski definition) is 1. The zero-order valence-electron chi connectivity index (χ0n) is 13.5. The van der Waals surface area contributed by atoms with E-state index in [2.05, 4.69) is 10.00 Å². The number of amides is 1. The van der Waals surface area contributed by atoms with E-state index >= 15 is 0 Å². The van der Waals surface area contributed by atoms with Crippen molar-refractivity contribution >= 4 is 17.6 Å². The summed E-state index contributed by atoms with van der Waals surface area (Å²) in [6.45, 7) is 10.2. The molecule has 0 radical (unpaired) electrons. The van der Waals surface area contributed by atoms with Gasteiger partial charge in [-0.2, -0.15) is 5.10 Å². The van der Waals surface area contributed by atoms with E-state index in [1.807, 2.05) is 34.7 Å². The Balaban J connectivity index is 1.97. The fourth-order valence-electron chi connectivity index (χ4n) is 2.27. The number of carbonyl (C=O) groups is 1. The van der Waals surface area contributed by atoms with Gasteiger partial charge in [-0.25, -0.2) is 4.79 Å². The molecule has 1 saturated heterocycles. The highest BCUT2D eigenvalue weighted by Crippen LogP contribution is 2.25. The Kier molecular flexibility index (Phi) is 4.02. The molecule has 7 heteroatoms. The second-order valence-electron chi connectivity index (χ2n) is 6.40. The second-order valence-corrected chi connectivity index (χ2v) is 6.40. The normalized spacial score (nSPS) is 16.2. The molecule has 1 fully saturated rings. The lowest BCUT2D eigenvalue weighted by molar-refractivity contribution is 0.0240. The maximum Gasteiger partial charge on any atom is 0.410 e. The van der Waals surface area contributed by atoms with Gasteiger partial charge in [0.1, 0.15) is 5.60 Å². The molecule has 2 rings (SSSR count). The van der Waals surface area contributed by atoms with Crippen molar-refractivity contribution in [2.45, 2.75) is 33.3 Å². The van der Waals surface area contributed by atoms with Crippen LogP contribution in [0.5, 0.6) is 0 Å². The van der Waals surface area contributed by atoms with E-state index in [0.717, 1.165) is 11.5 Å². The minimum Gasteiger partial charge on any atom is -0.444 e. The van der Waals surface area contributed by atoms with Crippen LogP contribution in [0.1, 0.15) is 26.5 Å². The van der Waals surface area contributed by atoms with E-state index in [-0.39, 0.29) is 6.09 Å². The molecule has 0 aliphatic carbocycles. The first-order valence-electron chi connectivity index (χ1n) is 7.21. The largest absolute Gasteiger partial charge is 0.444 e. The van der Waals surface area contributed by atoms with E-state index in [0.29, 0.717) is 31.9 Å². The number of nitrogen functional groups attached to an aromatic ring is 1. The van der Waals surface area contributed by atoms with Gasteiger partial charge in [-0.15, -0.1) is 0 Å². The van der Waals surface area contributed by atoms with Crippen molar-refractivity contribution < 1.29 is 9.53 Å². The van der Waals surface area contributed by atoms with Gasteiger partial charge in [0.25, 0.3) is 0 Å². The van der Waals surface area contributed by atoms with Gasteiger partial charge in [0, 0.05) is 33.2 Å². The molecule has 1 aliphatic rings. The SMILES string of the molecule is Cc1c(N)c(N2CCN(C(=O)OC(C)(C)C)CC2)nn1C. The van der Waals surface area contributed by atoms with Crippen molar-refractivity contribution in [3.63, 3.8) is 0 Å². The molecule has 0 bridgehead atoms. The monoisotopic (exact) mass is 295 g/mol. The molecule has 0 unspecified atom stereocenters. The van der Waals surface area contributed by atoms with Crippen LogP contribution in [-0.2, 0) is 11.8 Å². The van der Waals surface area contributed by atoms with Crippen LogP contribution in [0, 0.1) is 6.92 Å². The first kappa shape index (κ1) is 15.5. The highest BCUT2D eigenvalue weighted by Gasteiger charge is 2.27. The van der Waals surface area contributed by atoms with E-state index in [1.54, 1.807) is 9.58 Å². The van der Waals surface area contributed by atoms with E-state index in [9.17, 15) is 4.79 Å². The van der Waals surface area contributed by atoms with Crippen molar-refractivity contribution in [1.82, 2.24) is 14.7 Å². The third kappa shape index (κ3) is 3.40. The van der Waals surface area contributed by atoms with Gasteiger partial charge in [-0.1, -0.05) is 0 Å². The van der Waals surface area contributed by atoms with Gasteiger partial charge >= 0.3 is 6.09 Å². The lowest BCUT2D eigenvalue weighted by Crippen LogP contribution is -2.50. The summed E-state index contributed by atoms with van der Waals surface area (Å²) in [4.78, 5) is 15.9. The Morgan fingerprint density at radius 1 is 1.24 bits per heavy atom. The van der Waals surface area contributed by atoms with Crippen LogP contribution in [0.2, 0.25) is 0 Å². The quantitative estimate of drug-likeness (QED) is 0.846. The van der Waals surface area contributed by atoms with Crippen molar-refractivity contribution in [3.8, 4) is 0 Å². The molecule has 1 aromatic heterocycles. The Bertz CT molecular complexity index is 524. The van der Waals surface area contributed by atoms with Crippen molar-refractivity contribution in [1.29, 1.82) is 0 Å². The van der Waals surface area contributed by atoms with Gasteiger partial charge < -0.3 is 20.3 Å². The fourth-order valence-corrected chi connectivity index (χ4v) is 2.27. The van der Waals surface area contributed by atoms with Crippen LogP contribution in [0.25, 0.3) is 0 Å². The van der Waals surface area contributed by atoms with Crippen molar-refractivity contribution in [2.75, 3.05) is 36.8 Å². The highest BCUT2D eigenvalue weighted by atomic mass is 16.6. The summed E-state index contributed by atoms with van der Waals surface area (Å²) in [5, 5.41) is 4.45. The van der Waals surface area contributed by atoms with Crippen LogP contribution in [0.3, 0.4) is 0 Å². The molecule has 21 heavy (non-hydrogen) atoms. The topological polar surface area (TPSA) is 76.6 Å². The van der Waals surface area contributed by atoms with E-state index in [1.165, 1.54) is 0 Å². The van der Waals surface area contributed by atoms with Gasteiger partial charge in [-0.3, -0.25) is 4.68 Å². The minimum absolute atomic E-state index is 0.257. The Morgan fingerprint density at radius 2 is 1.81 bits per heavy atom. The molecule has 0 aromatic carbocycles. The molecular weight excluding hydrogens is 270 g/mol. The number of nitrogens with zero attached hydrogens (tertiary/aromatic N) is 4. The smallest absolute Gasteiger partial charge is 0.410 e. The van der Waals surface area contributed by atoms with Crippen molar-refractivity contribution in [3.05, 3.63) is 5.69 Å². The zero-order chi connectivity index (χ0) is 15.8. The molecule has 1 amide bonds. The molecule has 2 heterocycles. The average Bonchev–Trinajstić information content (AvgIpc) is 2.65. The fraction of sp³-hybridized carbons (Fsp3) is 0.714. The van der Waals surface area contributed by atoms with Crippen LogP contribution in [-0.4, -0.2) is 52.6 Å². The first-order valence-corrected chi connectivity index (χ1v) is 7.21. The Labute approximate surface area is 125 Å². The second kappa shape index (κ2) is 5.46. The van der Waals surface area contributed by atoms with Gasteiger partial charge in [0.05, 0.1) is 11.4 Å². The summed E-state index contributed by atoms with van der Waals surface area (Å²) in [6.07, 6.45) is -0.257. The summed E-state index contributed by atoms with van der Waals surface area (Å²) in [7, 11) is 1.88. The summed E-state index contributed by atoms with van der Waals surface area (Å²) < 4.78 is 7.17. The zero-order valence-corrected chi connectivity index (χ0v) is 13.5. The molecule has 0 spiro atoms. The predicted octanol–water partition coefficient (Wildman–Crippen LogP) is 1.37. The molecule has 1 aromatic rings. The number of anilines is 2.